The maximum Gasteiger partial charge on any atom is 0.337 e. The van der Waals surface area contributed by atoms with Gasteiger partial charge in [0, 0.05) is 52.0 Å². The summed E-state index contributed by atoms with van der Waals surface area (Å²) in [5.41, 5.74) is 6.47. The largest absolute Gasteiger partial charge is 0.490 e. The third kappa shape index (κ3) is 5.36. The van der Waals surface area contributed by atoms with Crippen LogP contribution in [0.3, 0.4) is 0 Å². The minimum Gasteiger partial charge on any atom is -0.490 e. The first-order valence-corrected chi connectivity index (χ1v) is 14.3. The maximum atomic E-state index is 15.6. The Bertz CT molecular complexity index is 1860. The summed E-state index contributed by atoms with van der Waals surface area (Å²) in [4.78, 5) is 21.8. The number of rotatable bonds is 6. The third-order valence-electron chi connectivity index (χ3n) is 7.63. The molecule has 1 aliphatic rings. The second kappa shape index (κ2) is 10.9. The number of nitrogens with zero attached hydrogens (tertiary/aromatic N) is 4. The predicted octanol–water partition coefficient (Wildman–Crippen LogP) is 7.15. The van der Waals surface area contributed by atoms with Crippen molar-refractivity contribution in [2.75, 3.05) is 6.61 Å². The fourth-order valence-electron chi connectivity index (χ4n) is 5.73. The molecular formula is C34H33FN4O4. The van der Waals surface area contributed by atoms with Crippen molar-refractivity contribution in [1.82, 2.24) is 19.6 Å². The zero-order valence-corrected chi connectivity index (χ0v) is 24.8. The van der Waals surface area contributed by atoms with Gasteiger partial charge in [-0.05, 0) is 76.8 Å². The van der Waals surface area contributed by atoms with Crippen molar-refractivity contribution in [1.29, 1.82) is 0 Å². The van der Waals surface area contributed by atoms with Gasteiger partial charge in [-0.1, -0.05) is 24.3 Å². The quantitative estimate of drug-likeness (QED) is 0.228. The molecule has 0 saturated heterocycles. The van der Waals surface area contributed by atoms with E-state index >= 15 is 4.39 Å². The molecule has 2 aromatic carbocycles. The van der Waals surface area contributed by atoms with Crippen LogP contribution in [-0.2, 0) is 16.0 Å². The molecule has 1 aliphatic heterocycles. The molecule has 0 saturated carbocycles. The molecule has 0 fully saturated rings. The number of pyridine rings is 1. The van der Waals surface area contributed by atoms with E-state index in [1.54, 1.807) is 44.6 Å². The molecule has 8 nitrogen and oxygen atoms in total. The summed E-state index contributed by atoms with van der Waals surface area (Å²) in [6.07, 6.45) is 3.58. The highest BCUT2D eigenvalue weighted by Crippen LogP contribution is 2.42. The van der Waals surface area contributed by atoms with Crippen LogP contribution in [-0.4, -0.2) is 42.9 Å². The summed E-state index contributed by atoms with van der Waals surface area (Å²) in [6.45, 7) is 9.51. The average molecular weight is 581 g/mol. The van der Waals surface area contributed by atoms with E-state index in [9.17, 15) is 9.90 Å². The molecule has 0 aliphatic carbocycles. The van der Waals surface area contributed by atoms with Gasteiger partial charge in [-0.25, -0.2) is 18.7 Å². The Morgan fingerprint density at radius 3 is 2.58 bits per heavy atom. The van der Waals surface area contributed by atoms with Crippen LogP contribution in [0.25, 0.3) is 39.3 Å². The van der Waals surface area contributed by atoms with Crippen molar-refractivity contribution >= 4 is 11.6 Å². The van der Waals surface area contributed by atoms with Gasteiger partial charge in [-0.2, -0.15) is 5.10 Å². The van der Waals surface area contributed by atoms with Crippen LogP contribution in [0.4, 0.5) is 4.39 Å². The molecule has 0 bridgehead atoms. The molecule has 220 valence electrons. The van der Waals surface area contributed by atoms with Gasteiger partial charge in [0.05, 0.1) is 23.6 Å². The number of halogens is 1. The number of benzene rings is 2. The SMILES string of the molecule is Cc1nc2cc(-c3cccc(-c4cccnc4)c3)nn2c(-c2cc(F)c3c(c2C)CCCO3)c1[C@H](OC(C)(C)C)C(=O)O. The number of carboxylic acids is 1. The molecule has 0 spiro atoms. The number of aromatic nitrogens is 4. The number of ether oxygens (including phenoxy) is 2. The van der Waals surface area contributed by atoms with Crippen LogP contribution in [0.15, 0.2) is 60.9 Å². The highest BCUT2D eigenvalue weighted by molar-refractivity contribution is 5.83. The number of aliphatic carboxylic acids is 1. The summed E-state index contributed by atoms with van der Waals surface area (Å²) in [6, 6.07) is 15.1. The minimum absolute atomic E-state index is 0.255. The maximum absolute atomic E-state index is 15.6. The topological polar surface area (TPSA) is 98.8 Å². The Labute approximate surface area is 249 Å². The lowest BCUT2D eigenvalue weighted by molar-refractivity contribution is -0.160. The molecule has 1 atom stereocenters. The van der Waals surface area contributed by atoms with Crippen molar-refractivity contribution in [2.24, 2.45) is 0 Å². The Kier molecular flexibility index (Phi) is 7.22. The molecule has 9 heteroatoms. The van der Waals surface area contributed by atoms with Gasteiger partial charge in [-0.15, -0.1) is 0 Å². The van der Waals surface area contributed by atoms with Crippen molar-refractivity contribution in [2.45, 2.75) is 59.2 Å². The summed E-state index contributed by atoms with van der Waals surface area (Å²) in [7, 11) is 0. The van der Waals surface area contributed by atoms with Crippen LogP contribution in [0, 0.1) is 19.7 Å². The number of fused-ring (bicyclic) bond motifs is 2. The summed E-state index contributed by atoms with van der Waals surface area (Å²) >= 11 is 0. The highest BCUT2D eigenvalue weighted by atomic mass is 19.1. The van der Waals surface area contributed by atoms with Gasteiger partial charge in [0.1, 0.15) is 0 Å². The molecule has 1 N–H and O–H groups in total. The Hall–Kier alpha value is -4.63. The zero-order chi connectivity index (χ0) is 30.5. The van der Waals surface area contributed by atoms with E-state index in [1.165, 1.54) is 6.07 Å². The van der Waals surface area contributed by atoms with Crippen molar-refractivity contribution in [3.05, 3.63) is 89.1 Å². The van der Waals surface area contributed by atoms with Crippen molar-refractivity contribution in [3.8, 4) is 39.4 Å². The van der Waals surface area contributed by atoms with Gasteiger partial charge >= 0.3 is 5.97 Å². The third-order valence-corrected chi connectivity index (χ3v) is 7.63. The van der Waals surface area contributed by atoms with E-state index in [1.807, 2.05) is 49.4 Å². The fourth-order valence-corrected chi connectivity index (χ4v) is 5.73. The summed E-state index contributed by atoms with van der Waals surface area (Å²) < 4.78 is 29.0. The average Bonchev–Trinajstić information content (AvgIpc) is 3.41. The Balaban J connectivity index is 1.63. The van der Waals surface area contributed by atoms with E-state index in [4.69, 9.17) is 19.6 Å². The fraction of sp³-hybridized carbons (Fsp3) is 0.294. The first-order valence-electron chi connectivity index (χ1n) is 14.3. The van der Waals surface area contributed by atoms with Crippen LogP contribution in [0.1, 0.15) is 55.7 Å². The van der Waals surface area contributed by atoms with Gasteiger partial charge in [0.15, 0.2) is 23.3 Å². The molecule has 6 rings (SSSR count). The number of carbonyl (C=O) groups is 1. The molecule has 5 aromatic rings. The van der Waals surface area contributed by atoms with Gasteiger partial charge in [0.2, 0.25) is 0 Å². The van der Waals surface area contributed by atoms with Crippen LogP contribution in [0.2, 0.25) is 0 Å². The first kappa shape index (κ1) is 28.5. The Morgan fingerprint density at radius 2 is 1.86 bits per heavy atom. The van der Waals surface area contributed by atoms with Gasteiger partial charge < -0.3 is 14.6 Å². The van der Waals surface area contributed by atoms with E-state index in [-0.39, 0.29) is 5.75 Å². The standard InChI is InChI=1S/C34H33FN4O4/c1-19-24-12-8-14-42-31(24)26(35)16-25(19)30-29(32(33(40)41)43-34(3,4)5)20(2)37-28-17-27(38-39(28)30)22-10-6-9-21(15-22)23-11-7-13-36-18-23/h6-7,9-11,13,15-18,32H,8,12,14H2,1-5H3,(H,40,41)/t32-/m0/s1. The molecule has 3 aromatic heterocycles. The van der Waals surface area contributed by atoms with E-state index in [2.05, 4.69) is 4.98 Å². The Morgan fingerprint density at radius 1 is 1.09 bits per heavy atom. The van der Waals surface area contributed by atoms with E-state index in [0.717, 1.165) is 34.2 Å². The lowest BCUT2D eigenvalue weighted by atomic mass is 9.91. The summed E-state index contributed by atoms with van der Waals surface area (Å²) in [5, 5.41) is 15.4. The number of hydrogen-bond acceptors (Lipinski definition) is 6. The predicted molar refractivity (Wildman–Crippen MR) is 162 cm³/mol. The number of aryl methyl sites for hydroxylation is 1. The van der Waals surface area contributed by atoms with Crippen LogP contribution >= 0.6 is 0 Å². The number of hydrogen-bond donors (Lipinski definition) is 1. The highest BCUT2D eigenvalue weighted by Gasteiger charge is 2.34. The molecule has 43 heavy (non-hydrogen) atoms. The minimum atomic E-state index is -1.37. The lowest BCUT2D eigenvalue weighted by Gasteiger charge is -2.28. The lowest BCUT2D eigenvalue weighted by Crippen LogP contribution is -2.29. The van der Waals surface area contributed by atoms with E-state index in [0.29, 0.717) is 46.9 Å². The second-order valence-electron chi connectivity index (χ2n) is 11.8. The second-order valence-corrected chi connectivity index (χ2v) is 11.8. The molecule has 0 radical (unpaired) electrons. The normalized spacial score (nSPS) is 13.9. The smallest absolute Gasteiger partial charge is 0.337 e. The molecule has 0 amide bonds. The van der Waals surface area contributed by atoms with Crippen LogP contribution < -0.4 is 4.74 Å². The first-order chi connectivity index (χ1) is 20.5. The molecular weight excluding hydrogens is 547 g/mol. The van der Waals surface area contributed by atoms with Crippen molar-refractivity contribution < 1.29 is 23.8 Å². The van der Waals surface area contributed by atoms with Gasteiger partial charge in [-0.3, -0.25) is 4.98 Å². The summed E-state index contributed by atoms with van der Waals surface area (Å²) in [5.74, 6) is -1.41. The molecule has 0 unspecified atom stereocenters. The number of carboxylic acid groups (broad SMARTS) is 1. The zero-order valence-electron chi connectivity index (χ0n) is 24.8. The monoisotopic (exact) mass is 580 g/mol. The van der Waals surface area contributed by atoms with E-state index < -0.39 is 23.5 Å². The van der Waals surface area contributed by atoms with Crippen molar-refractivity contribution in [3.63, 3.8) is 0 Å². The van der Waals surface area contributed by atoms with Gasteiger partial charge in [0.25, 0.3) is 0 Å². The molecule has 4 heterocycles. The van der Waals surface area contributed by atoms with Crippen LogP contribution in [0.5, 0.6) is 5.75 Å².